The molecule has 4 nitrogen and oxygen atoms in total. The zero-order valence-corrected chi connectivity index (χ0v) is 13.0. The molecular weight excluding hydrogens is 264 g/mol. The molecule has 1 rings (SSSR count). The Morgan fingerprint density at radius 2 is 2.00 bits per heavy atom. The van der Waals surface area contributed by atoms with Crippen LogP contribution in [-0.2, 0) is 9.53 Å². The average Bonchev–Trinajstić information content (AvgIpc) is 2.46. The number of hydrogen-bond acceptors (Lipinski definition) is 4. The summed E-state index contributed by atoms with van der Waals surface area (Å²) in [5, 5.41) is 19.3. The monoisotopic (exact) mass is 286 g/mol. The van der Waals surface area contributed by atoms with Gasteiger partial charge in [0, 0.05) is 18.8 Å². The quantitative estimate of drug-likeness (QED) is 0.590. The van der Waals surface area contributed by atoms with Crippen molar-refractivity contribution in [2.45, 2.75) is 52.9 Å². The minimum atomic E-state index is -1.10. The summed E-state index contributed by atoms with van der Waals surface area (Å²) in [6, 6.07) is 4.47. The lowest BCUT2D eigenvalue weighted by molar-refractivity contribution is -0.139. The van der Waals surface area contributed by atoms with Gasteiger partial charge in [-0.2, -0.15) is 10.5 Å². The van der Waals surface area contributed by atoms with Gasteiger partial charge in [0.05, 0.1) is 12.1 Å². The summed E-state index contributed by atoms with van der Waals surface area (Å²) in [7, 11) is 0. The molecule has 21 heavy (non-hydrogen) atoms. The number of nitrogens with zero attached hydrogens (tertiary/aromatic N) is 2. The van der Waals surface area contributed by atoms with Crippen LogP contribution in [0, 0.1) is 51.3 Å². The van der Waals surface area contributed by atoms with E-state index in [0.29, 0.717) is 5.92 Å². The van der Waals surface area contributed by atoms with E-state index in [2.05, 4.69) is 30.9 Å². The molecule has 0 radical (unpaired) electrons. The van der Waals surface area contributed by atoms with Crippen LogP contribution in [-0.4, -0.2) is 12.6 Å². The molecule has 1 aliphatic rings. The predicted molar refractivity (Wildman–Crippen MR) is 78.4 cm³/mol. The first kappa shape index (κ1) is 17.1. The fraction of sp³-hybridized carbons (Fsp3) is 0.706. The standard InChI is InChI=1S/C17H22N2O2/c1-14-8-4-5-9-16(14,3)17(12-18,13-19)10-6-7-11-21-15(2)20/h14H,4-5,8-11H2,1-3H3/t14-,16?/m1/s1. The number of carbonyl (C=O) groups is 1. The van der Waals surface area contributed by atoms with Gasteiger partial charge in [0.1, 0.15) is 0 Å². The van der Waals surface area contributed by atoms with E-state index < -0.39 is 5.41 Å². The summed E-state index contributed by atoms with van der Waals surface area (Å²) < 4.78 is 4.74. The number of esters is 1. The molecule has 0 aromatic heterocycles. The van der Waals surface area contributed by atoms with Gasteiger partial charge in [-0.15, -0.1) is 0 Å². The van der Waals surface area contributed by atoms with Crippen molar-refractivity contribution >= 4 is 5.97 Å². The van der Waals surface area contributed by atoms with Crippen molar-refractivity contribution in [2.24, 2.45) is 16.7 Å². The van der Waals surface area contributed by atoms with Crippen LogP contribution in [0.15, 0.2) is 0 Å². The maximum absolute atomic E-state index is 10.7. The summed E-state index contributed by atoms with van der Waals surface area (Å²) in [6.07, 6.45) is 4.32. The predicted octanol–water partition coefficient (Wildman–Crippen LogP) is 3.19. The molecule has 0 bridgehead atoms. The van der Waals surface area contributed by atoms with Crippen LogP contribution in [0.5, 0.6) is 0 Å². The molecule has 112 valence electrons. The maximum Gasteiger partial charge on any atom is 0.303 e. The first-order valence-corrected chi connectivity index (χ1v) is 7.33. The van der Waals surface area contributed by atoms with E-state index in [9.17, 15) is 15.3 Å². The Labute approximate surface area is 127 Å². The molecule has 0 heterocycles. The van der Waals surface area contributed by atoms with Gasteiger partial charge < -0.3 is 4.74 Å². The molecular formula is C17H22N2O2. The SMILES string of the molecule is CC(=O)OCC#CCC(C#N)(C#N)C1(C)CCCC[C@H]1C. The average molecular weight is 286 g/mol. The van der Waals surface area contributed by atoms with E-state index in [0.717, 1.165) is 25.7 Å². The molecule has 0 aromatic rings. The zero-order chi connectivity index (χ0) is 15.9. The van der Waals surface area contributed by atoms with Crippen molar-refractivity contribution in [3.05, 3.63) is 0 Å². The lowest BCUT2D eigenvalue weighted by Gasteiger charge is -2.46. The van der Waals surface area contributed by atoms with Crippen molar-refractivity contribution in [3.8, 4) is 24.0 Å². The molecule has 1 saturated carbocycles. The van der Waals surface area contributed by atoms with Crippen LogP contribution < -0.4 is 0 Å². The van der Waals surface area contributed by atoms with Crippen LogP contribution in [0.3, 0.4) is 0 Å². The molecule has 0 amide bonds. The van der Waals surface area contributed by atoms with E-state index in [1.165, 1.54) is 6.92 Å². The molecule has 4 heteroatoms. The van der Waals surface area contributed by atoms with Gasteiger partial charge in [0.15, 0.2) is 12.0 Å². The van der Waals surface area contributed by atoms with Crippen LogP contribution in [0.4, 0.5) is 0 Å². The van der Waals surface area contributed by atoms with Gasteiger partial charge in [-0.3, -0.25) is 4.79 Å². The van der Waals surface area contributed by atoms with Crippen molar-refractivity contribution < 1.29 is 9.53 Å². The molecule has 0 saturated heterocycles. The van der Waals surface area contributed by atoms with Crippen LogP contribution in [0.1, 0.15) is 52.9 Å². The van der Waals surface area contributed by atoms with Crippen molar-refractivity contribution in [1.82, 2.24) is 0 Å². The van der Waals surface area contributed by atoms with E-state index >= 15 is 0 Å². The lowest BCUT2D eigenvalue weighted by atomic mass is 9.54. The largest absolute Gasteiger partial charge is 0.453 e. The van der Waals surface area contributed by atoms with Crippen molar-refractivity contribution in [2.75, 3.05) is 6.61 Å². The summed E-state index contributed by atoms with van der Waals surface area (Å²) >= 11 is 0. The Hall–Kier alpha value is -1.99. The highest BCUT2D eigenvalue weighted by atomic mass is 16.5. The highest BCUT2D eigenvalue weighted by Gasteiger charge is 2.52. The van der Waals surface area contributed by atoms with Gasteiger partial charge >= 0.3 is 5.97 Å². The zero-order valence-electron chi connectivity index (χ0n) is 13.0. The van der Waals surface area contributed by atoms with Crippen molar-refractivity contribution in [3.63, 3.8) is 0 Å². The molecule has 0 aliphatic heterocycles. The van der Waals surface area contributed by atoms with E-state index in [1.807, 2.05) is 6.92 Å². The maximum atomic E-state index is 10.7. The number of nitriles is 2. The Bertz CT molecular complexity index is 516. The van der Waals surface area contributed by atoms with E-state index in [1.54, 1.807) is 0 Å². The Morgan fingerprint density at radius 1 is 1.33 bits per heavy atom. The van der Waals surface area contributed by atoms with E-state index in [4.69, 9.17) is 4.74 Å². The fourth-order valence-electron chi connectivity index (χ4n) is 3.09. The second kappa shape index (κ2) is 7.14. The Kier molecular flexibility index (Phi) is 5.80. The normalized spacial score (nSPS) is 24.9. The first-order chi connectivity index (χ1) is 9.92. The molecule has 1 aliphatic carbocycles. The van der Waals surface area contributed by atoms with E-state index in [-0.39, 0.29) is 24.4 Å². The molecule has 0 aromatic carbocycles. The van der Waals surface area contributed by atoms with Gasteiger partial charge in [0.25, 0.3) is 0 Å². The van der Waals surface area contributed by atoms with Crippen LogP contribution >= 0.6 is 0 Å². The van der Waals surface area contributed by atoms with Gasteiger partial charge in [0.2, 0.25) is 0 Å². The number of rotatable bonds is 3. The number of hydrogen-bond donors (Lipinski definition) is 0. The Morgan fingerprint density at radius 3 is 2.52 bits per heavy atom. The number of carbonyl (C=O) groups excluding carboxylic acids is 1. The highest BCUT2D eigenvalue weighted by molar-refractivity contribution is 5.66. The first-order valence-electron chi connectivity index (χ1n) is 7.33. The Balaban J connectivity index is 2.91. The third-order valence-electron chi connectivity index (χ3n) is 4.85. The minimum absolute atomic E-state index is 0.00847. The molecule has 0 N–H and O–H groups in total. The van der Waals surface area contributed by atoms with Crippen LogP contribution in [0.2, 0.25) is 0 Å². The fourth-order valence-corrected chi connectivity index (χ4v) is 3.09. The third-order valence-corrected chi connectivity index (χ3v) is 4.85. The lowest BCUT2D eigenvalue weighted by Crippen LogP contribution is -2.44. The van der Waals surface area contributed by atoms with Crippen LogP contribution in [0.25, 0.3) is 0 Å². The second-order valence-electron chi connectivity index (χ2n) is 6.00. The summed E-state index contributed by atoms with van der Waals surface area (Å²) in [6.45, 7) is 5.49. The topological polar surface area (TPSA) is 73.9 Å². The van der Waals surface area contributed by atoms with Crippen molar-refractivity contribution in [1.29, 1.82) is 10.5 Å². The molecule has 1 unspecified atom stereocenters. The molecule has 2 atom stereocenters. The summed E-state index contributed by atoms with van der Waals surface area (Å²) in [5.74, 6) is 5.51. The van der Waals surface area contributed by atoms with Gasteiger partial charge in [-0.1, -0.05) is 45.0 Å². The number of ether oxygens (including phenoxy) is 1. The van der Waals surface area contributed by atoms with Gasteiger partial charge in [-0.25, -0.2) is 0 Å². The smallest absolute Gasteiger partial charge is 0.303 e. The third kappa shape index (κ3) is 3.56. The summed E-state index contributed by atoms with van der Waals surface area (Å²) in [4.78, 5) is 10.7. The second-order valence-corrected chi connectivity index (χ2v) is 6.00. The summed E-state index contributed by atoms with van der Waals surface area (Å²) in [5.41, 5.74) is -1.44. The van der Waals surface area contributed by atoms with Gasteiger partial charge in [-0.05, 0) is 12.3 Å². The minimum Gasteiger partial charge on any atom is -0.453 e. The molecule has 1 fully saturated rings. The highest BCUT2D eigenvalue weighted by Crippen LogP contribution is 2.54. The molecule has 0 spiro atoms.